The highest BCUT2D eigenvalue weighted by Crippen LogP contribution is 2.34. The number of ether oxygens (including phenoxy) is 1. The second kappa shape index (κ2) is 6.12. The monoisotopic (exact) mass is 246 g/mol. The second-order valence-electron chi connectivity index (χ2n) is 4.74. The highest BCUT2D eigenvalue weighted by molar-refractivity contribution is 6.21. The molecule has 96 valence electrons. The summed E-state index contributed by atoms with van der Waals surface area (Å²) >= 11 is 0. The van der Waals surface area contributed by atoms with Crippen LogP contribution in [-0.4, -0.2) is 17.0 Å². The van der Waals surface area contributed by atoms with Gasteiger partial charge in [0.25, 0.3) is 0 Å². The van der Waals surface area contributed by atoms with E-state index in [4.69, 9.17) is 10.3 Å². The number of carbonyl (C=O) groups is 1. The van der Waals surface area contributed by atoms with E-state index in [0.717, 1.165) is 17.3 Å². The lowest BCUT2D eigenvalue weighted by atomic mass is 9.94. The zero-order chi connectivity index (χ0) is 13.7. The van der Waals surface area contributed by atoms with E-state index in [1.807, 2.05) is 45.9 Å². The van der Waals surface area contributed by atoms with Crippen LogP contribution < -0.4 is 4.74 Å². The predicted octanol–water partition coefficient (Wildman–Crippen LogP) is 3.14. The zero-order valence-corrected chi connectivity index (χ0v) is 11.2. The molecular weight excluding hydrogens is 228 g/mol. The highest BCUT2D eigenvalue weighted by atomic mass is 16.5. The summed E-state index contributed by atoms with van der Waals surface area (Å²) in [6.07, 6.45) is 0.751. The number of hydrogen-bond acceptors (Lipinski definition) is 2. The van der Waals surface area contributed by atoms with Gasteiger partial charge >= 0.3 is 12.2 Å². The van der Waals surface area contributed by atoms with Crippen LogP contribution in [0, 0.1) is 0 Å². The molecular formula is C14H18N2O2. The maximum absolute atomic E-state index is 11.4. The number of benzene rings is 1. The maximum Gasteiger partial charge on any atom is 0.419 e. The summed E-state index contributed by atoms with van der Waals surface area (Å²) in [5.74, 6) is 0.398. The third-order valence-electron chi connectivity index (χ3n) is 2.69. The Hall–Kier alpha value is -1.93. The largest absolute Gasteiger partial charge is 0.419 e. The summed E-state index contributed by atoms with van der Waals surface area (Å²) in [6.45, 7) is 8.15. The van der Waals surface area contributed by atoms with Gasteiger partial charge in [0, 0.05) is 0 Å². The third-order valence-corrected chi connectivity index (χ3v) is 2.69. The van der Waals surface area contributed by atoms with Crippen molar-refractivity contribution in [1.82, 2.24) is 0 Å². The number of esters is 1. The van der Waals surface area contributed by atoms with Crippen LogP contribution >= 0.6 is 0 Å². The zero-order valence-electron chi connectivity index (χ0n) is 11.2. The van der Waals surface area contributed by atoms with Gasteiger partial charge in [-0.05, 0) is 23.0 Å². The number of nitrogens with zero attached hydrogens (tertiary/aromatic N) is 2. The highest BCUT2D eigenvalue weighted by Gasteiger charge is 2.18. The van der Waals surface area contributed by atoms with Crippen LogP contribution in [-0.2, 0) is 4.79 Å². The average molecular weight is 246 g/mol. The Kier molecular flexibility index (Phi) is 4.81. The van der Waals surface area contributed by atoms with Crippen molar-refractivity contribution in [1.29, 1.82) is 0 Å². The minimum absolute atomic E-state index is 0.248. The molecule has 0 unspecified atom stereocenters. The Morgan fingerprint density at radius 1 is 1.22 bits per heavy atom. The lowest BCUT2D eigenvalue weighted by Crippen LogP contribution is -2.13. The van der Waals surface area contributed by atoms with Crippen molar-refractivity contribution < 1.29 is 14.3 Å². The van der Waals surface area contributed by atoms with Crippen LogP contribution in [0.2, 0.25) is 0 Å². The first-order chi connectivity index (χ1) is 8.47. The molecule has 0 heterocycles. The average Bonchev–Trinajstić information content (AvgIpc) is 2.28. The molecule has 0 N–H and O–H groups in total. The molecule has 0 atom stereocenters. The molecule has 0 saturated heterocycles. The summed E-state index contributed by atoms with van der Waals surface area (Å²) in [5.41, 5.74) is 10.3. The summed E-state index contributed by atoms with van der Waals surface area (Å²) in [7, 11) is 0. The van der Waals surface area contributed by atoms with E-state index in [1.165, 1.54) is 0 Å². The van der Waals surface area contributed by atoms with Crippen molar-refractivity contribution in [3.05, 3.63) is 34.9 Å². The first kappa shape index (κ1) is 14.1. The van der Waals surface area contributed by atoms with Gasteiger partial charge in [0.1, 0.15) is 5.75 Å². The smallest absolute Gasteiger partial charge is 0.418 e. The molecule has 0 saturated carbocycles. The van der Waals surface area contributed by atoms with E-state index in [1.54, 1.807) is 0 Å². The molecule has 1 aromatic carbocycles. The van der Waals surface area contributed by atoms with Gasteiger partial charge in [-0.25, -0.2) is 4.79 Å². The molecule has 0 spiro atoms. The molecule has 4 nitrogen and oxygen atoms in total. The van der Waals surface area contributed by atoms with E-state index >= 15 is 0 Å². The fourth-order valence-corrected chi connectivity index (χ4v) is 1.77. The molecule has 0 aliphatic carbocycles. The molecule has 0 aromatic heterocycles. The Balaban J connectivity index is 3.26. The van der Waals surface area contributed by atoms with Crippen molar-refractivity contribution >= 4 is 12.2 Å². The van der Waals surface area contributed by atoms with Crippen LogP contribution in [0.25, 0.3) is 5.53 Å². The summed E-state index contributed by atoms with van der Waals surface area (Å²) in [5, 5.41) is 0. The van der Waals surface area contributed by atoms with Gasteiger partial charge < -0.3 is 10.3 Å². The molecule has 18 heavy (non-hydrogen) atoms. The maximum atomic E-state index is 11.4. The van der Waals surface area contributed by atoms with Crippen molar-refractivity contribution in [2.24, 2.45) is 0 Å². The van der Waals surface area contributed by atoms with Crippen molar-refractivity contribution in [2.75, 3.05) is 0 Å². The van der Waals surface area contributed by atoms with Crippen molar-refractivity contribution in [3.8, 4) is 5.75 Å². The van der Waals surface area contributed by atoms with Crippen LogP contribution in [0.15, 0.2) is 18.2 Å². The number of carbonyl (C=O) groups excluding carboxylic acids is 1. The third kappa shape index (κ3) is 3.28. The van der Waals surface area contributed by atoms with E-state index in [2.05, 4.69) is 4.79 Å². The van der Waals surface area contributed by atoms with Gasteiger partial charge in [-0.3, -0.25) is 0 Å². The first-order valence-corrected chi connectivity index (χ1v) is 5.99. The Morgan fingerprint density at radius 2 is 1.72 bits per heavy atom. The molecule has 1 rings (SSSR count). The number of rotatable bonds is 4. The van der Waals surface area contributed by atoms with Gasteiger partial charge in [-0.1, -0.05) is 45.9 Å². The minimum atomic E-state index is -0.674. The van der Waals surface area contributed by atoms with Crippen LogP contribution in [0.4, 0.5) is 0 Å². The van der Waals surface area contributed by atoms with E-state index in [9.17, 15) is 4.79 Å². The Morgan fingerprint density at radius 3 is 2.11 bits per heavy atom. The van der Waals surface area contributed by atoms with Crippen LogP contribution in [0.5, 0.6) is 5.75 Å². The van der Waals surface area contributed by atoms with Gasteiger partial charge in [0.15, 0.2) is 0 Å². The van der Waals surface area contributed by atoms with Gasteiger partial charge in [0.2, 0.25) is 0 Å². The van der Waals surface area contributed by atoms with E-state index < -0.39 is 5.97 Å². The molecule has 0 aliphatic heterocycles. The summed E-state index contributed by atoms with van der Waals surface area (Å²) < 4.78 is 5.29. The quantitative estimate of drug-likeness (QED) is 0.269. The van der Waals surface area contributed by atoms with E-state index in [0.29, 0.717) is 5.75 Å². The fraction of sp³-hybridized carbons (Fsp3) is 0.429. The number of hydrogen-bond donors (Lipinski definition) is 0. The fourth-order valence-electron chi connectivity index (χ4n) is 1.77. The van der Waals surface area contributed by atoms with Crippen LogP contribution in [0.1, 0.15) is 50.7 Å². The predicted molar refractivity (Wildman–Crippen MR) is 69.9 cm³/mol. The second-order valence-corrected chi connectivity index (χ2v) is 4.74. The molecule has 0 amide bonds. The lowest BCUT2D eigenvalue weighted by molar-refractivity contribution is -0.130. The Labute approximate surface area is 107 Å². The standard InChI is InChI=1S/C14H18N2O2/c1-9(2)11-6-5-7-12(10(3)4)14(11)18-13(17)8-16-15/h5-10H,1-4H3. The summed E-state index contributed by atoms with van der Waals surface area (Å²) in [4.78, 5) is 14.1. The van der Waals surface area contributed by atoms with Crippen LogP contribution in [0.3, 0.4) is 0 Å². The van der Waals surface area contributed by atoms with Crippen molar-refractivity contribution in [3.63, 3.8) is 0 Å². The molecule has 0 aliphatic rings. The van der Waals surface area contributed by atoms with Gasteiger partial charge in [-0.15, -0.1) is 0 Å². The molecule has 0 bridgehead atoms. The minimum Gasteiger partial charge on any atom is -0.418 e. The molecule has 1 aromatic rings. The lowest BCUT2D eigenvalue weighted by Gasteiger charge is -2.17. The molecule has 0 fully saturated rings. The van der Waals surface area contributed by atoms with Gasteiger partial charge in [-0.2, -0.15) is 4.79 Å². The normalized spacial score (nSPS) is 10.3. The topological polar surface area (TPSA) is 62.7 Å². The molecule has 4 heteroatoms. The number of para-hydroxylation sites is 1. The van der Waals surface area contributed by atoms with Crippen molar-refractivity contribution in [2.45, 2.75) is 39.5 Å². The van der Waals surface area contributed by atoms with Gasteiger partial charge in [0.05, 0.1) is 0 Å². The summed E-state index contributed by atoms with van der Waals surface area (Å²) in [6, 6.07) is 5.84. The SMILES string of the molecule is CC(C)c1cccc(C(C)C)c1OC(=O)C=[N+]=[N-]. The Bertz CT molecular complexity index is 460. The van der Waals surface area contributed by atoms with E-state index in [-0.39, 0.29) is 11.8 Å². The first-order valence-electron chi connectivity index (χ1n) is 5.99. The molecule has 0 radical (unpaired) electrons.